The molecular weight excluding hydrogens is 440 g/mol. The molecule has 5 rings (SSSR count). The van der Waals surface area contributed by atoms with Crippen molar-refractivity contribution in [1.82, 2.24) is 15.0 Å². The minimum atomic E-state index is -0.684. The molecule has 174 valence electrons. The third-order valence-corrected chi connectivity index (χ3v) is 7.11. The minimum absolute atomic E-state index is 0.280. The molecule has 3 heterocycles. The van der Waals surface area contributed by atoms with Gasteiger partial charge < -0.3 is 19.7 Å². The number of aliphatic carboxylic acids is 1. The second-order valence-electron chi connectivity index (χ2n) is 9.22. The number of fused-ring (bicyclic) bond motifs is 1. The molecule has 0 atom stereocenters. The number of hydrogen-bond donors (Lipinski definition) is 2. The highest BCUT2D eigenvalue weighted by atomic mass is 35.5. The number of ether oxygens (including phenoxy) is 1. The van der Waals surface area contributed by atoms with E-state index < -0.39 is 5.97 Å². The number of carbonyl (C=O) groups is 1. The Morgan fingerprint density at radius 3 is 2.55 bits per heavy atom. The molecule has 1 saturated heterocycles. The van der Waals surface area contributed by atoms with Crippen LogP contribution in [0, 0.1) is 5.92 Å². The highest BCUT2D eigenvalue weighted by molar-refractivity contribution is 6.31. The summed E-state index contributed by atoms with van der Waals surface area (Å²) in [6.07, 6.45) is 8.59. The number of nitrogens with zero attached hydrogens (tertiary/aromatic N) is 3. The predicted octanol–water partition coefficient (Wildman–Crippen LogP) is 5.30. The van der Waals surface area contributed by atoms with Crippen LogP contribution in [0.3, 0.4) is 0 Å². The second-order valence-corrected chi connectivity index (χ2v) is 9.65. The summed E-state index contributed by atoms with van der Waals surface area (Å²) in [5.41, 5.74) is 2.75. The average molecular weight is 469 g/mol. The summed E-state index contributed by atoms with van der Waals surface area (Å²) < 4.78 is 6.37. The fourth-order valence-corrected chi connectivity index (χ4v) is 5.21. The SMILES string of the molecule is O=C(O)C[C@H]1CC[C@@H](OC2CCN(c3ccc(-c4nc5cc(Cl)ccc5[nH]4)cn3)CC2)CC1. The van der Waals surface area contributed by atoms with E-state index in [2.05, 4.69) is 27.0 Å². The predicted molar refractivity (Wildman–Crippen MR) is 129 cm³/mol. The van der Waals surface area contributed by atoms with Crippen molar-refractivity contribution < 1.29 is 14.6 Å². The van der Waals surface area contributed by atoms with Gasteiger partial charge in [0.2, 0.25) is 0 Å². The van der Waals surface area contributed by atoms with Crippen molar-refractivity contribution in [2.75, 3.05) is 18.0 Å². The van der Waals surface area contributed by atoms with Crippen LogP contribution in [0.25, 0.3) is 22.4 Å². The molecule has 0 spiro atoms. The number of piperidine rings is 1. The summed E-state index contributed by atoms with van der Waals surface area (Å²) in [5, 5.41) is 9.65. The fourth-order valence-electron chi connectivity index (χ4n) is 5.04. The second kappa shape index (κ2) is 9.69. The topological polar surface area (TPSA) is 91.3 Å². The Morgan fingerprint density at radius 1 is 1.09 bits per heavy atom. The van der Waals surface area contributed by atoms with Crippen LogP contribution >= 0.6 is 11.6 Å². The minimum Gasteiger partial charge on any atom is -0.481 e. The van der Waals surface area contributed by atoms with Gasteiger partial charge in [-0.25, -0.2) is 9.97 Å². The molecule has 3 aromatic rings. The van der Waals surface area contributed by atoms with Gasteiger partial charge in [-0.15, -0.1) is 0 Å². The summed E-state index contributed by atoms with van der Waals surface area (Å²) >= 11 is 6.07. The van der Waals surface area contributed by atoms with E-state index in [1.807, 2.05) is 24.4 Å². The van der Waals surface area contributed by atoms with Crippen molar-refractivity contribution in [2.45, 2.75) is 57.2 Å². The van der Waals surface area contributed by atoms with E-state index in [-0.39, 0.29) is 12.2 Å². The van der Waals surface area contributed by atoms with E-state index in [9.17, 15) is 4.79 Å². The third kappa shape index (κ3) is 5.31. The van der Waals surface area contributed by atoms with Crippen molar-refractivity contribution in [2.24, 2.45) is 5.92 Å². The number of aromatic amines is 1. The zero-order valence-electron chi connectivity index (χ0n) is 18.5. The molecule has 1 saturated carbocycles. The summed E-state index contributed by atoms with van der Waals surface area (Å²) in [6, 6.07) is 9.75. The van der Waals surface area contributed by atoms with Gasteiger partial charge in [-0.2, -0.15) is 0 Å². The number of rotatable bonds is 6. The van der Waals surface area contributed by atoms with E-state index in [4.69, 9.17) is 26.4 Å². The number of carboxylic acids is 1. The van der Waals surface area contributed by atoms with Crippen LogP contribution in [0.2, 0.25) is 5.02 Å². The smallest absolute Gasteiger partial charge is 0.303 e. The molecule has 8 heteroatoms. The maximum atomic E-state index is 10.9. The van der Waals surface area contributed by atoms with Gasteiger partial charge in [0.1, 0.15) is 11.6 Å². The number of imidazole rings is 1. The first-order valence-electron chi connectivity index (χ1n) is 11.8. The number of hydrogen-bond acceptors (Lipinski definition) is 5. The number of benzene rings is 1. The molecule has 2 N–H and O–H groups in total. The molecule has 1 aliphatic carbocycles. The van der Waals surface area contributed by atoms with Gasteiger partial charge in [0, 0.05) is 36.3 Å². The van der Waals surface area contributed by atoms with Crippen molar-refractivity contribution in [3.8, 4) is 11.4 Å². The van der Waals surface area contributed by atoms with Crippen LogP contribution in [0.5, 0.6) is 0 Å². The molecule has 0 bridgehead atoms. The van der Waals surface area contributed by atoms with Crippen LogP contribution < -0.4 is 4.90 Å². The Hall–Kier alpha value is -2.64. The summed E-state index contributed by atoms with van der Waals surface area (Å²) in [7, 11) is 0. The van der Waals surface area contributed by atoms with Crippen LogP contribution in [-0.4, -0.2) is 51.3 Å². The van der Waals surface area contributed by atoms with Crippen LogP contribution in [0.4, 0.5) is 5.82 Å². The first kappa shape index (κ1) is 22.2. The van der Waals surface area contributed by atoms with E-state index in [0.717, 1.165) is 79.9 Å². The van der Waals surface area contributed by atoms with Gasteiger partial charge in [0.05, 0.1) is 23.2 Å². The average Bonchev–Trinajstić information content (AvgIpc) is 3.24. The number of halogens is 1. The Balaban J connectivity index is 1.12. The lowest BCUT2D eigenvalue weighted by molar-refractivity contribution is -0.138. The standard InChI is InChI=1S/C25H29ClN4O3/c26-18-4-7-21-22(14-18)29-25(28-21)17-3-8-23(27-15-17)30-11-9-20(10-12-30)33-19-5-1-16(2-6-19)13-24(31)32/h3-4,7-8,14-16,19-20H,1-2,5-6,9-13H2,(H,28,29)(H,31,32)/t16-,19+. The number of aromatic nitrogens is 3. The summed E-state index contributed by atoms with van der Waals surface area (Å²) in [5.74, 6) is 1.40. The van der Waals surface area contributed by atoms with Crippen molar-refractivity contribution in [3.63, 3.8) is 0 Å². The third-order valence-electron chi connectivity index (χ3n) is 6.87. The molecular formula is C25H29ClN4O3. The maximum absolute atomic E-state index is 10.9. The molecule has 33 heavy (non-hydrogen) atoms. The van der Waals surface area contributed by atoms with Gasteiger partial charge in [0.15, 0.2) is 0 Å². The Labute approximate surface area is 198 Å². The molecule has 2 fully saturated rings. The Kier molecular flexibility index (Phi) is 6.51. The molecule has 7 nitrogen and oxygen atoms in total. The van der Waals surface area contributed by atoms with Crippen LogP contribution in [0.1, 0.15) is 44.9 Å². The zero-order valence-corrected chi connectivity index (χ0v) is 19.3. The molecule has 0 radical (unpaired) electrons. The van der Waals surface area contributed by atoms with Crippen molar-refractivity contribution >= 4 is 34.4 Å². The lowest BCUT2D eigenvalue weighted by Gasteiger charge is -2.36. The highest BCUT2D eigenvalue weighted by Crippen LogP contribution is 2.31. The molecule has 1 aliphatic heterocycles. The van der Waals surface area contributed by atoms with Gasteiger partial charge in [-0.05, 0) is 74.8 Å². The van der Waals surface area contributed by atoms with Gasteiger partial charge in [-0.1, -0.05) is 11.6 Å². The van der Waals surface area contributed by atoms with E-state index in [1.165, 1.54) is 0 Å². The number of anilines is 1. The molecule has 0 amide bonds. The number of carboxylic acid groups (broad SMARTS) is 1. The number of H-pyrrole nitrogens is 1. The van der Waals surface area contributed by atoms with E-state index >= 15 is 0 Å². The first-order valence-corrected chi connectivity index (χ1v) is 12.1. The van der Waals surface area contributed by atoms with Crippen LogP contribution in [0.15, 0.2) is 36.5 Å². The normalized spacial score (nSPS) is 22.0. The van der Waals surface area contributed by atoms with Crippen molar-refractivity contribution in [1.29, 1.82) is 0 Å². The molecule has 0 unspecified atom stereocenters. The van der Waals surface area contributed by atoms with Crippen LogP contribution in [-0.2, 0) is 9.53 Å². The number of pyridine rings is 1. The van der Waals surface area contributed by atoms with Gasteiger partial charge in [0.25, 0.3) is 0 Å². The Morgan fingerprint density at radius 2 is 1.85 bits per heavy atom. The number of nitrogens with one attached hydrogen (secondary N) is 1. The van der Waals surface area contributed by atoms with Gasteiger partial charge >= 0.3 is 5.97 Å². The largest absolute Gasteiger partial charge is 0.481 e. The van der Waals surface area contributed by atoms with E-state index in [1.54, 1.807) is 0 Å². The molecule has 2 aromatic heterocycles. The van der Waals surface area contributed by atoms with Crippen molar-refractivity contribution in [3.05, 3.63) is 41.6 Å². The highest BCUT2D eigenvalue weighted by Gasteiger charge is 2.28. The van der Waals surface area contributed by atoms with E-state index in [0.29, 0.717) is 17.4 Å². The summed E-state index contributed by atoms with van der Waals surface area (Å²) in [6.45, 7) is 1.85. The summed E-state index contributed by atoms with van der Waals surface area (Å²) in [4.78, 5) is 25.9. The monoisotopic (exact) mass is 468 g/mol. The lowest BCUT2D eigenvalue weighted by Crippen LogP contribution is -2.39. The maximum Gasteiger partial charge on any atom is 0.303 e. The Bertz CT molecular complexity index is 1100. The lowest BCUT2D eigenvalue weighted by atomic mass is 9.85. The quantitative estimate of drug-likeness (QED) is 0.510. The molecule has 1 aromatic carbocycles. The zero-order chi connectivity index (χ0) is 22.8. The van der Waals surface area contributed by atoms with Gasteiger partial charge in [-0.3, -0.25) is 4.79 Å². The first-order chi connectivity index (χ1) is 16.0. The fraction of sp³-hybridized carbons (Fsp3) is 0.480. The molecule has 2 aliphatic rings.